The van der Waals surface area contributed by atoms with Gasteiger partial charge in [0, 0.05) is 0 Å². The lowest BCUT2D eigenvalue weighted by atomic mass is 9.74. The van der Waals surface area contributed by atoms with E-state index in [0.29, 0.717) is 11.8 Å². The normalized spacial score (nSPS) is 33.6. The number of aliphatic hydroxyl groups is 1. The van der Waals surface area contributed by atoms with Gasteiger partial charge in [0.05, 0.1) is 6.10 Å². The minimum atomic E-state index is -0.0885. The van der Waals surface area contributed by atoms with Crippen LogP contribution in [-0.4, -0.2) is 11.2 Å². The summed E-state index contributed by atoms with van der Waals surface area (Å²) in [4.78, 5) is 0. The summed E-state index contributed by atoms with van der Waals surface area (Å²) in [6.07, 6.45) is 6.16. The minimum Gasteiger partial charge on any atom is -0.393 e. The van der Waals surface area contributed by atoms with Crippen LogP contribution < -0.4 is 0 Å². The molecule has 1 heteroatoms. The first-order valence-corrected chi connectivity index (χ1v) is 7.04. The maximum atomic E-state index is 9.93. The first kappa shape index (κ1) is 11.3. The molecule has 1 aromatic rings. The molecule has 1 aromatic carbocycles. The monoisotopic (exact) mass is 230 g/mol. The third-order valence-electron chi connectivity index (χ3n) is 4.96. The summed E-state index contributed by atoms with van der Waals surface area (Å²) in [6.45, 7) is 2.21. The van der Waals surface area contributed by atoms with Gasteiger partial charge in [0.1, 0.15) is 0 Å². The average Bonchev–Trinajstić information content (AvgIpc) is 2.59. The highest BCUT2D eigenvalue weighted by atomic mass is 16.3. The predicted molar refractivity (Wildman–Crippen MR) is 70.2 cm³/mol. The van der Waals surface area contributed by atoms with Crippen molar-refractivity contribution in [1.82, 2.24) is 0 Å². The molecule has 0 heterocycles. The van der Waals surface area contributed by atoms with Crippen LogP contribution in [0.4, 0.5) is 0 Å². The van der Waals surface area contributed by atoms with E-state index in [1.165, 1.54) is 24.8 Å². The molecule has 0 spiro atoms. The van der Waals surface area contributed by atoms with Crippen LogP contribution in [0.15, 0.2) is 24.3 Å². The Hall–Kier alpha value is -0.820. The molecule has 0 aromatic heterocycles. The van der Waals surface area contributed by atoms with Gasteiger partial charge in [-0.15, -0.1) is 0 Å². The van der Waals surface area contributed by atoms with Crippen molar-refractivity contribution in [2.45, 2.75) is 57.0 Å². The Labute approximate surface area is 104 Å². The Balaban J connectivity index is 1.91. The highest BCUT2D eigenvalue weighted by Crippen LogP contribution is 2.45. The van der Waals surface area contributed by atoms with Crippen molar-refractivity contribution in [3.8, 4) is 0 Å². The van der Waals surface area contributed by atoms with Gasteiger partial charge >= 0.3 is 0 Å². The molecule has 2 fully saturated rings. The van der Waals surface area contributed by atoms with Gasteiger partial charge in [-0.3, -0.25) is 0 Å². The van der Waals surface area contributed by atoms with Gasteiger partial charge in [0.25, 0.3) is 0 Å². The van der Waals surface area contributed by atoms with Crippen molar-refractivity contribution in [2.24, 2.45) is 5.92 Å². The Morgan fingerprint density at radius 2 is 1.71 bits per heavy atom. The third-order valence-corrected chi connectivity index (χ3v) is 4.96. The van der Waals surface area contributed by atoms with E-state index in [1.807, 2.05) is 0 Å². The van der Waals surface area contributed by atoms with Crippen LogP contribution in [0.25, 0.3) is 0 Å². The predicted octanol–water partition coefficient (Wildman–Crippen LogP) is 3.83. The largest absolute Gasteiger partial charge is 0.393 e. The van der Waals surface area contributed by atoms with Crippen molar-refractivity contribution < 1.29 is 5.11 Å². The molecule has 2 aliphatic rings. The molecular weight excluding hydrogens is 208 g/mol. The summed E-state index contributed by atoms with van der Waals surface area (Å²) in [5.41, 5.74) is 3.10. The maximum Gasteiger partial charge on any atom is 0.0571 e. The first-order chi connectivity index (χ1) is 8.27. The molecule has 0 radical (unpaired) electrons. The smallest absolute Gasteiger partial charge is 0.0571 e. The van der Waals surface area contributed by atoms with Crippen molar-refractivity contribution in [3.05, 3.63) is 35.4 Å². The molecule has 3 unspecified atom stereocenters. The van der Waals surface area contributed by atoms with Gasteiger partial charge in [-0.05, 0) is 54.6 Å². The van der Waals surface area contributed by atoms with Crippen LogP contribution >= 0.6 is 0 Å². The Morgan fingerprint density at radius 3 is 2.24 bits per heavy atom. The lowest BCUT2D eigenvalue weighted by Gasteiger charge is -2.30. The number of hydrogen-bond donors (Lipinski definition) is 1. The summed E-state index contributed by atoms with van der Waals surface area (Å²) in [5, 5.41) is 9.93. The molecule has 17 heavy (non-hydrogen) atoms. The lowest BCUT2D eigenvalue weighted by Crippen LogP contribution is -2.17. The van der Waals surface area contributed by atoms with Crippen LogP contribution in [-0.2, 0) is 0 Å². The van der Waals surface area contributed by atoms with Gasteiger partial charge in [-0.2, -0.15) is 0 Å². The second kappa shape index (κ2) is 4.45. The van der Waals surface area contributed by atoms with Gasteiger partial charge in [0.15, 0.2) is 0 Å². The second-order valence-electron chi connectivity index (χ2n) is 5.87. The quantitative estimate of drug-likeness (QED) is 0.818. The van der Waals surface area contributed by atoms with Crippen LogP contribution in [0.1, 0.15) is 62.0 Å². The Kier molecular flexibility index (Phi) is 2.96. The topological polar surface area (TPSA) is 20.2 Å². The fourth-order valence-electron chi connectivity index (χ4n) is 3.52. The van der Waals surface area contributed by atoms with Crippen LogP contribution in [0.2, 0.25) is 0 Å². The van der Waals surface area contributed by atoms with Crippen LogP contribution in [0.3, 0.4) is 0 Å². The van der Waals surface area contributed by atoms with Gasteiger partial charge in [0.2, 0.25) is 0 Å². The average molecular weight is 230 g/mol. The zero-order valence-corrected chi connectivity index (χ0v) is 10.6. The summed E-state index contributed by atoms with van der Waals surface area (Å²) in [6, 6.07) is 8.95. The van der Waals surface area contributed by atoms with Crippen LogP contribution in [0, 0.1) is 5.92 Å². The molecule has 3 rings (SSSR count). The molecular formula is C16H22O. The van der Waals surface area contributed by atoms with Crippen molar-refractivity contribution >= 4 is 0 Å². The Morgan fingerprint density at radius 1 is 1.00 bits per heavy atom. The maximum absolute atomic E-state index is 9.93. The zero-order valence-electron chi connectivity index (χ0n) is 10.6. The molecule has 0 saturated heterocycles. The van der Waals surface area contributed by atoms with Crippen molar-refractivity contribution in [3.63, 3.8) is 0 Å². The van der Waals surface area contributed by atoms with E-state index in [2.05, 4.69) is 31.2 Å². The second-order valence-corrected chi connectivity index (χ2v) is 5.87. The summed E-state index contributed by atoms with van der Waals surface area (Å²) in [5.74, 6) is 1.81. The number of benzene rings is 1. The number of aliphatic hydroxyl groups excluding tert-OH is 1. The van der Waals surface area contributed by atoms with Gasteiger partial charge in [-0.1, -0.05) is 37.6 Å². The number of rotatable bonds is 2. The first-order valence-electron chi connectivity index (χ1n) is 7.04. The van der Waals surface area contributed by atoms with Crippen molar-refractivity contribution in [2.75, 3.05) is 0 Å². The van der Waals surface area contributed by atoms with E-state index in [1.54, 1.807) is 5.56 Å². The van der Waals surface area contributed by atoms with E-state index in [4.69, 9.17) is 0 Å². The summed E-state index contributed by atoms with van der Waals surface area (Å²) >= 11 is 0. The molecule has 2 aliphatic carbocycles. The zero-order chi connectivity index (χ0) is 11.8. The SMILES string of the molecule is CC1C(O)CCC1c1ccccc1C1CCC1. The summed E-state index contributed by atoms with van der Waals surface area (Å²) < 4.78 is 0. The molecule has 3 atom stereocenters. The fraction of sp³-hybridized carbons (Fsp3) is 0.625. The van der Waals surface area contributed by atoms with E-state index in [9.17, 15) is 5.11 Å². The molecule has 1 nitrogen and oxygen atoms in total. The molecule has 0 bridgehead atoms. The van der Waals surface area contributed by atoms with E-state index < -0.39 is 0 Å². The van der Waals surface area contributed by atoms with Crippen molar-refractivity contribution in [1.29, 1.82) is 0 Å². The molecule has 1 N–H and O–H groups in total. The van der Waals surface area contributed by atoms with Crippen LogP contribution in [0.5, 0.6) is 0 Å². The van der Waals surface area contributed by atoms with Gasteiger partial charge in [-0.25, -0.2) is 0 Å². The van der Waals surface area contributed by atoms with Gasteiger partial charge < -0.3 is 5.11 Å². The standard InChI is InChI=1S/C16H22O/c1-11-13(9-10-16(11)17)15-8-3-2-7-14(15)12-5-4-6-12/h2-3,7-8,11-13,16-17H,4-6,9-10H2,1H3. The molecule has 2 saturated carbocycles. The molecule has 92 valence electrons. The van der Waals surface area contributed by atoms with E-state index >= 15 is 0 Å². The fourth-order valence-corrected chi connectivity index (χ4v) is 3.52. The number of hydrogen-bond acceptors (Lipinski definition) is 1. The van der Waals surface area contributed by atoms with E-state index in [-0.39, 0.29) is 6.10 Å². The van der Waals surface area contributed by atoms with E-state index in [0.717, 1.165) is 18.8 Å². The lowest BCUT2D eigenvalue weighted by molar-refractivity contribution is 0.136. The molecule has 0 amide bonds. The Bertz CT molecular complexity index is 394. The highest BCUT2D eigenvalue weighted by molar-refractivity contribution is 5.35. The highest BCUT2D eigenvalue weighted by Gasteiger charge is 2.34. The minimum absolute atomic E-state index is 0.0885. The molecule has 0 aliphatic heterocycles. The summed E-state index contributed by atoms with van der Waals surface area (Å²) in [7, 11) is 0. The third kappa shape index (κ3) is 1.91.